The van der Waals surface area contributed by atoms with Crippen LogP contribution in [0.25, 0.3) is 56.1 Å². The lowest BCUT2D eigenvalue weighted by atomic mass is 10.0. The Balaban J connectivity index is 1.30. The zero-order valence-electron chi connectivity index (χ0n) is 27.4. The van der Waals surface area contributed by atoms with Gasteiger partial charge in [0.2, 0.25) is 0 Å². The molecule has 1 aliphatic heterocycles. The maximum Gasteiger partial charge on any atom is 0.180 e. The molecule has 0 radical (unpaired) electrons. The number of aromatic nitrogens is 3. The van der Waals surface area contributed by atoms with Crippen LogP contribution in [0.2, 0.25) is 0 Å². The van der Waals surface area contributed by atoms with Crippen molar-refractivity contribution in [2.45, 2.75) is 13.8 Å². The third-order valence-corrected chi connectivity index (χ3v) is 14.8. The summed E-state index contributed by atoms with van der Waals surface area (Å²) in [6.07, 6.45) is 0. The van der Waals surface area contributed by atoms with Crippen molar-refractivity contribution in [2.75, 3.05) is 0 Å². The summed E-state index contributed by atoms with van der Waals surface area (Å²) in [5.74, 6) is 2.00. The van der Waals surface area contributed by atoms with E-state index < -0.39 is 8.07 Å². The molecule has 0 atom stereocenters. The summed E-state index contributed by atoms with van der Waals surface area (Å²) < 4.78 is 0. The molecule has 0 unspecified atom stereocenters. The van der Waals surface area contributed by atoms with Gasteiger partial charge in [0.25, 0.3) is 0 Å². The van der Waals surface area contributed by atoms with E-state index in [-0.39, 0.29) is 0 Å². The van der Waals surface area contributed by atoms with Crippen molar-refractivity contribution in [3.8, 4) is 45.3 Å². The van der Waals surface area contributed by atoms with Gasteiger partial charge >= 0.3 is 0 Å². The Bertz CT molecular complexity index is 2460. The van der Waals surface area contributed by atoms with E-state index in [4.69, 9.17) is 15.0 Å². The SMILES string of the molecule is Cc1ccc([Si]2(c3ccc(C)cc3)c3ccccc3-c3ccc(-c4nc(-c5ccccc5)nc(-c5ccc6ccccc6c5)n4)cc32)cc1. The van der Waals surface area contributed by atoms with Crippen molar-refractivity contribution in [3.05, 3.63) is 175 Å². The van der Waals surface area contributed by atoms with Crippen molar-refractivity contribution in [1.82, 2.24) is 15.0 Å². The molecule has 0 spiro atoms. The minimum Gasteiger partial charge on any atom is -0.208 e. The lowest BCUT2D eigenvalue weighted by Gasteiger charge is -2.31. The van der Waals surface area contributed by atoms with Gasteiger partial charge < -0.3 is 0 Å². The maximum absolute atomic E-state index is 5.19. The Labute approximate surface area is 287 Å². The Kier molecular flexibility index (Phi) is 6.92. The Morgan fingerprint density at radius 3 is 1.55 bits per heavy atom. The van der Waals surface area contributed by atoms with E-state index >= 15 is 0 Å². The van der Waals surface area contributed by atoms with Crippen molar-refractivity contribution in [2.24, 2.45) is 0 Å². The molecule has 3 nitrogen and oxygen atoms in total. The standard InChI is InChI=1S/C45H33N3Si/c1-30-16-23-37(24-17-30)49(38-25-18-31(2)19-26-38)41-15-9-8-14-39(41)40-27-22-36(29-42(40)49)45-47-43(33-11-4-3-5-12-33)46-44(48-45)35-21-20-32-10-6-7-13-34(32)28-35/h3-29H,1-2H3. The van der Waals surface area contributed by atoms with Crippen LogP contribution in [0.5, 0.6) is 0 Å². The van der Waals surface area contributed by atoms with E-state index in [1.54, 1.807) is 0 Å². The Hall–Kier alpha value is -5.97. The summed E-state index contributed by atoms with van der Waals surface area (Å²) in [5.41, 5.74) is 8.05. The lowest BCUT2D eigenvalue weighted by Crippen LogP contribution is -2.72. The number of aryl methyl sites for hydroxylation is 2. The van der Waals surface area contributed by atoms with Crippen LogP contribution in [0.3, 0.4) is 0 Å². The molecule has 4 heteroatoms. The van der Waals surface area contributed by atoms with Gasteiger partial charge in [-0.3, -0.25) is 0 Å². The molecule has 1 aliphatic rings. The molecule has 0 bridgehead atoms. The fourth-order valence-electron chi connectivity index (χ4n) is 7.49. The smallest absolute Gasteiger partial charge is 0.180 e. The zero-order valence-corrected chi connectivity index (χ0v) is 28.4. The highest BCUT2D eigenvalue weighted by Gasteiger charge is 2.48. The van der Waals surface area contributed by atoms with Gasteiger partial charge in [-0.05, 0) is 62.6 Å². The van der Waals surface area contributed by atoms with Gasteiger partial charge in [-0.15, -0.1) is 0 Å². The molecule has 0 aliphatic carbocycles. The van der Waals surface area contributed by atoms with E-state index in [9.17, 15) is 0 Å². The Morgan fingerprint density at radius 2 is 0.878 bits per heavy atom. The first kappa shape index (κ1) is 29.2. The quantitative estimate of drug-likeness (QED) is 0.179. The highest BCUT2D eigenvalue weighted by Crippen LogP contribution is 2.32. The zero-order chi connectivity index (χ0) is 33.0. The normalized spacial score (nSPS) is 12.9. The fourth-order valence-corrected chi connectivity index (χ4v) is 12.7. The van der Waals surface area contributed by atoms with Crippen LogP contribution in [0.1, 0.15) is 11.1 Å². The van der Waals surface area contributed by atoms with Gasteiger partial charge in [-0.2, -0.15) is 0 Å². The van der Waals surface area contributed by atoms with Crippen molar-refractivity contribution >= 4 is 39.6 Å². The van der Waals surface area contributed by atoms with Crippen LogP contribution in [0.4, 0.5) is 0 Å². The average Bonchev–Trinajstić information content (AvgIpc) is 3.46. The van der Waals surface area contributed by atoms with Gasteiger partial charge in [0.1, 0.15) is 0 Å². The second-order valence-corrected chi connectivity index (χ2v) is 16.8. The molecule has 8 aromatic rings. The number of rotatable bonds is 5. The third kappa shape index (κ3) is 4.83. The number of fused-ring (bicyclic) bond motifs is 4. The van der Waals surface area contributed by atoms with Gasteiger partial charge in [0.15, 0.2) is 25.5 Å². The molecule has 0 saturated carbocycles. The van der Waals surface area contributed by atoms with Gasteiger partial charge in [0.05, 0.1) is 0 Å². The van der Waals surface area contributed by atoms with E-state index in [0.717, 1.165) is 22.1 Å². The molecule has 0 amide bonds. The highest BCUT2D eigenvalue weighted by molar-refractivity contribution is 7.22. The molecule has 0 saturated heterocycles. The summed E-state index contributed by atoms with van der Waals surface area (Å²) in [4.78, 5) is 15.4. The predicted molar refractivity (Wildman–Crippen MR) is 206 cm³/mol. The number of hydrogen-bond acceptors (Lipinski definition) is 3. The monoisotopic (exact) mass is 643 g/mol. The minimum absolute atomic E-state index is 0.665. The van der Waals surface area contributed by atoms with Crippen LogP contribution >= 0.6 is 0 Å². The first-order valence-electron chi connectivity index (χ1n) is 16.8. The third-order valence-electron chi connectivity index (χ3n) is 9.95. The lowest BCUT2D eigenvalue weighted by molar-refractivity contribution is 1.07. The summed E-state index contributed by atoms with van der Waals surface area (Å²) in [6.45, 7) is 4.33. The molecule has 1 aromatic heterocycles. The van der Waals surface area contributed by atoms with E-state index in [1.807, 2.05) is 18.2 Å². The summed E-state index contributed by atoms with van der Waals surface area (Å²) in [7, 11) is -2.69. The van der Waals surface area contributed by atoms with Crippen molar-refractivity contribution in [1.29, 1.82) is 0 Å². The minimum atomic E-state index is -2.69. The predicted octanol–water partition coefficient (Wildman–Crippen LogP) is 8.00. The number of hydrogen-bond donors (Lipinski definition) is 0. The van der Waals surface area contributed by atoms with Crippen LogP contribution in [0, 0.1) is 13.8 Å². The van der Waals surface area contributed by atoms with Gasteiger partial charge in [-0.1, -0.05) is 169 Å². The summed E-state index contributed by atoms with van der Waals surface area (Å²) >= 11 is 0. The van der Waals surface area contributed by atoms with E-state index in [0.29, 0.717) is 17.5 Å². The number of nitrogens with zero attached hydrogens (tertiary/aromatic N) is 3. The topological polar surface area (TPSA) is 38.7 Å². The van der Waals surface area contributed by atoms with E-state index in [2.05, 4.69) is 159 Å². The molecule has 2 heterocycles. The fraction of sp³-hybridized carbons (Fsp3) is 0.0444. The summed E-state index contributed by atoms with van der Waals surface area (Å²) in [6, 6.07) is 59.4. The maximum atomic E-state index is 5.19. The average molecular weight is 644 g/mol. The molecule has 9 rings (SSSR count). The first-order valence-corrected chi connectivity index (χ1v) is 18.8. The van der Waals surface area contributed by atoms with Gasteiger partial charge in [0, 0.05) is 16.7 Å². The molecule has 232 valence electrons. The van der Waals surface area contributed by atoms with E-state index in [1.165, 1.54) is 48.4 Å². The number of benzene rings is 7. The molecule has 49 heavy (non-hydrogen) atoms. The highest BCUT2D eigenvalue weighted by atomic mass is 28.3. The second kappa shape index (κ2) is 11.6. The van der Waals surface area contributed by atoms with Crippen LogP contribution in [0.15, 0.2) is 164 Å². The first-order chi connectivity index (χ1) is 24.1. The molecule has 7 aromatic carbocycles. The Morgan fingerprint density at radius 1 is 0.367 bits per heavy atom. The van der Waals surface area contributed by atoms with Crippen molar-refractivity contribution < 1.29 is 0 Å². The van der Waals surface area contributed by atoms with Crippen molar-refractivity contribution in [3.63, 3.8) is 0 Å². The van der Waals surface area contributed by atoms with Crippen LogP contribution < -0.4 is 20.7 Å². The van der Waals surface area contributed by atoms with Crippen LogP contribution in [-0.4, -0.2) is 23.0 Å². The second-order valence-electron chi connectivity index (χ2n) is 13.0. The molecule has 0 N–H and O–H groups in total. The molecular weight excluding hydrogens is 611 g/mol. The summed E-state index contributed by atoms with van der Waals surface area (Å²) in [5, 5.41) is 7.90. The largest absolute Gasteiger partial charge is 0.208 e. The molecular formula is C45H33N3Si. The van der Waals surface area contributed by atoms with Crippen LogP contribution in [-0.2, 0) is 0 Å². The molecule has 0 fully saturated rings. The van der Waals surface area contributed by atoms with Gasteiger partial charge in [-0.25, -0.2) is 15.0 Å².